The van der Waals surface area contributed by atoms with E-state index in [0.717, 1.165) is 39.0 Å². The molecule has 0 aliphatic heterocycles. The maximum Gasteiger partial charge on any atom is 0.168 e. The molecular weight excluding hydrogens is 322 g/mol. The van der Waals surface area contributed by atoms with E-state index in [1.807, 2.05) is 36.5 Å². The van der Waals surface area contributed by atoms with Crippen molar-refractivity contribution in [3.8, 4) is 17.1 Å². The van der Waals surface area contributed by atoms with Gasteiger partial charge in [0.2, 0.25) is 0 Å². The Morgan fingerprint density at radius 3 is 2.62 bits per heavy atom. The highest BCUT2D eigenvalue weighted by Gasteiger charge is 2.15. The van der Waals surface area contributed by atoms with Gasteiger partial charge >= 0.3 is 0 Å². The molecule has 0 spiro atoms. The second kappa shape index (κ2) is 5.74. The number of para-hydroxylation sites is 1. The SMILES string of the molecule is Cc1ccc(-c2nn(-c3ccc4ccccc4n3)c3ncncc23)cc1. The fourth-order valence-electron chi connectivity index (χ4n) is 3.12. The molecule has 5 heteroatoms. The van der Waals surface area contributed by atoms with Gasteiger partial charge in [0, 0.05) is 17.1 Å². The first-order chi connectivity index (χ1) is 12.8. The molecule has 26 heavy (non-hydrogen) atoms. The zero-order valence-electron chi connectivity index (χ0n) is 14.2. The summed E-state index contributed by atoms with van der Waals surface area (Å²) in [5.74, 6) is 0.741. The summed E-state index contributed by atoms with van der Waals surface area (Å²) < 4.78 is 1.79. The summed E-state index contributed by atoms with van der Waals surface area (Å²) >= 11 is 0. The molecule has 0 radical (unpaired) electrons. The average molecular weight is 337 g/mol. The smallest absolute Gasteiger partial charge is 0.168 e. The Hall–Kier alpha value is -3.60. The summed E-state index contributed by atoms with van der Waals surface area (Å²) in [5.41, 5.74) is 4.79. The van der Waals surface area contributed by atoms with E-state index < -0.39 is 0 Å². The van der Waals surface area contributed by atoms with Crippen LogP contribution in [-0.4, -0.2) is 24.7 Å². The first-order valence-corrected chi connectivity index (χ1v) is 8.41. The lowest BCUT2D eigenvalue weighted by Gasteiger charge is -2.03. The third-order valence-corrected chi connectivity index (χ3v) is 4.47. The van der Waals surface area contributed by atoms with Crippen LogP contribution in [-0.2, 0) is 0 Å². The Bertz CT molecular complexity index is 1240. The zero-order valence-corrected chi connectivity index (χ0v) is 14.2. The van der Waals surface area contributed by atoms with E-state index in [9.17, 15) is 0 Å². The number of benzene rings is 2. The summed E-state index contributed by atoms with van der Waals surface area (Å²) in [7, 11) is 0. The van der Waals surface area contributed by atoms with Crippen molar-refractivity contribution in [3.05, 3.63) is 78.8 Å². The topological polar surface area (TPSA) is 56.5 Å². The Balaban J connectivity index is 1.76. The van der Waals surface area contributed by atoms with Crippen molar-refractivity contribution in [1.29, 1.82) is 0 Å². The summed E-state index contributed by atoms with van der Waals surface area (Å²) in [6, 6.07) is 20.4. The number of hydrogen-bond acceptors (Lipinski definition) is 4. The van der Waals surface area contributed by atoms with Crippen molar-refractivity contribution >= 4 is 21.9 Å². The zero-order chi connectivity index (χ0) is 17.5. The standard InChI is InChI=1S/C21H15N5/c1-14-6-8-16(9-7-14)20-17-12-22-13-23-21(17)26(25-20)19-11-10-15-4-2-3-5-18(15)24-19/h2-13H,1H3. The average Bonchev–Trinajstić information content (AvgIpc) is 3.08. The minimum absolute atomic E-state index is 0.741. The van der Waals surface area contributed by atoms with Crippen LogP contribution >= 0.6 is 0 Å². The third-order valence-electron chi connectivity index (χ3n) is 4.47. The number of aryl methyl sites for hydroxylation is 1. The van der Waals surface area contributed by atoms with Crippen molar-refractivity contribution in [1.82, 2.24) is 24.7 Å². The van der Waals surface area contributed by atoms with Crippen molar-refractivity contribution in [2.75, 3.05) is 0 Å². The molecule has 0 aliphatic rings. The largest absolute Gasteiger partial charge is 0.244 e. The molecule has 3 heterocycles. The van der Waals surface area contributed by atoms with Crippen LogP contribution < -0.4 is 0 Å². The monoisotopic (exact) mass is 337 g/mol. The van der Waals surface area contributed by atoms with E-state index in [4.69, 9.17) is 10.1 Å². The molecule has 2 aromatic carbocycles. The second-order valence-corrected chi connectivity index (χ2v) is 6.25. The van der Waals surface area contributed by atoms with Crippen molar-refractivity contribution < 1.29 is 0 Å². The van der Waals surface area contributed by atoms with Crippen LogP contribution in [0, 0.1) is 6.92 Å². The highest BCUT2D eigenvalue weighted by molar-refractivity contribution is 5.91. The Morgan fingerprint density at radius 1 is 0.885 bits per heavy atom. The van der Waals surface area contributed by atoms with Gasteiger partial charge in [-0.15, -0.1) is 0 Å². The van der Waals surface area contributed by atoms with Gasteiger partial charge in [-0.3, -0.25) is 0 Å². The summed E-state index contributed by atoms with van der Waals surface area (Å²) in [4.78, 5) is 13.4. The predicted octanol–water partition coefficient (Wildman–Crippen LogP) is 4.34. The molecule has 0 fully saturated rings. The van der Waals surface area contributed by atoms with Crippen molar-refractivity contribution in [2.45, 2.75) is 6.92 Å². The maximum atomic E-state index is 4.82. The van der Waals surface area contributed by atoms with Gasteiger partial charge in [0.15, 0.2) is 11.5 Å². The summed E-state index contributed by atoms with van der Waals surface area (Å²) in [6.07, 6.45) is 3.35. The Labute approximate surface area is 150 Å². The molecule has 0 bridgehead atoms. The number of pyridine rings is 1. The van der Waals surface area contributed by atoms with E-state index in [0.29, 0.717) is 0 Å². The van der Waals surface area contributed by atoms with Crippen LogP contribution in [0.5, 0.6) is 0 Å². The van der Waals surface area contributed by atoms with Gasteiger partial charge in [-0.05, 0) is 25.1 Å². The molecule has 0 saturated heterocycles. The van der Waals surface area contributed by atoms with Crippen LogP contribution in [0.1, 0.15) is 5.56 Å². The van der Waals surface area contributed by atoms with Gasteiger partial charge in [0.25, 0.3) is 0 Å². The molecule has 0 saturated carbocycles. The Kier molecular flexibility index (Phi) is 3.25. The number of hydrogen-bond donors (Lipinski definition) is 0. The lowest BCUT2D eigenvalue weighted by molar-refractivity contribution is 0.871. The van der Waals surface area contributed by atoms with Crippen LogP contribution in [0.4, 0.5) is 0 Å². The lowest BCUT2D eigenvalue weighted by Crippen LogP contribution is -2.01. The third kappa shape index (κ3) is 2.33. The van der Waals surface area contributed by atoms with Crippen molar-refractivity contribution in [3.63, 3.8) is 0 Å². The highest BCUT2D eigenvalue weighted by atomic mass is 15.3. The number of nitrogens with zero attached hydrogens (tertiary/aromatic N) is 5. The normalized spacial score (nSPS) is 11.3. The number of rotatable bonds is 2. The molecule has 0 amide bonds. The molecule has 5 nitrogen and oxygen atoms in total. The molecule has 0 N–H and O–H groups in total. The van der Waals surface area contributed by atoms with Gasteiger partial charge < -0.3 is 0 Å². The lowest BCUT2D eigenvalue weighted by atomic mass is 10.1. The van der Waals surface area contributed by atoms with Crippen molar-refractivity contribution in [2.24, 2.45) is 0 Å². The molecule has 3 aromatic heterocycles. The Morgan fingerprint density at radius 2 is 1.73 bits per heavy atom. The van der Waals surface area contributed by atoms with E-state index >= 15 is 0 Å². The second-order valence-electron chi connectivity index (χ2n) is 6.25. The highest BCUT2D eigenvalue weighted by Crippen LogP contribution is 2.28. The molecule has 5 rings (SSSR count). The minimum atomic E-state index is 0.741. The van der Waals surface area contributed by atoms with Gasteiger partial charge in [-0.1, -0.05) is 48.0 Å². The quantitative estimate of drug-likeness (QED) is 0.481. The molecular formula is C21H15N5. The van der Waals surface area contributed by atoms with Gasteiger partial charge in [0.1, 0.15) is 12.0 Å². The van der Waals surface area contributed by atoms with Crippen LogP contribution in [0.2, 0.25) is 0 Å². The van der Waals surface area contributed by atoms with Crippen LogP contribution in [0.15, 0.2) is 73.2 Å². The van der Waals surface area contributed by atoms with Crippen LogP contribution in [0.25, 0.3) is 39.0 Å². The molecule has 5 aromatic rings. The minimum Gasteiger partial charge on any atom is -0.244 e. The molecule has 0 unspecified atom stereocenters. The van der Waals surface area contributed by atoms with E-state index in [1.54, 1.807) is 11.0 Å². The van der Waals surface area contributed by atoms with Gasteiger partial charge in [-0.2, -0.15) is 9.78 Å². The molecule has 124 valence electrons. The first kappa shape index (κ1) is 14.7. The fourth-order valence-corrected chi connectivity index (χ4v) is 3.12. The molecule has 0 atom stereocenters. The van der Waals surface area contributed by atoms with E-state index in [-0.39, 0.29) is 0 Å². The predicted molar refractivity (Wildman–Crippen MR) is 102 cm³/mol. The maximum absolute atomic E-state index is 4.82. The van der Waals surface area contributed by atoms with E-state index in [1.165, 1.54) is 5.56 Å². The number of fused-ring (bicyclic) bond motifs is 2. The van der Waals surface area contributed by atoms with Gasteiger partial charge in [0.05, 0.1) is 10.9 Å². The van der Waals surface area contributed by atoms with Gasteiger partial charge in [-0.25, -0.2) is 15.0 Å². The summed E-state index contributed by atoms with van der Waals surface area (Å²) in [6.45, 7) is 2.07. The molecule has 0 aliphatic carbocycles. The fraction of sp³-hybridized carbons (Fsp3) is 0.0476. The van der Waals surface area contributed by atoms with Crippen LogP contribution in [0.3, 0.4) is 0 Å². The first-order valence-electron chi connectivity index (χ1n) is 8.41. The number of aromatic nitrogens is 5. The summed E-state index contributed by atoms with van der Waals surface area (Å²) in [5, 5.41) is 6.82. The van der Waals surface area contributed by atoms with E-state index in [2.05, 4.69) is 47.2 Å².